The number of pyridine rings is 1. The van der Waals surface area contributed by atoms with Crippen LogP contribution in [0.4, 0.5) is 0 Å². The molecule has 1 aromatic rings. The minimum atomic E-state index is 0.0971. The molecular weight excluding hydrogens is 202 g/mol. The van der Waals surface area contributed by atoms with Gasteiger partial charge in [0, 0.05) is 25.0 Å². The number of hydrogen-bond donors (Lipinski definition) is 2. The van der Waals surface area contributed by atoms with Gasteiger partial charge in [-0.25, -0.2) is 0 Å². The Bertz CT molecular complexity index is 333. The summed E-state index contributed by atoms with van der Waals surface area (Å²) in [6.45, 7) is 1.96. The number of nitrogens with zero attached hydrogens (tertiary/aromatic N) is 1. The third kappa shape index (κ3) is 3.31. The molecule has 4 nitrogen and oxygen atoms in total. The molecule has 86 valence electrons. The van der Waals surface area contributed by atoms with Gasteiger partial charge in [-0.05, 0) is 37.1 Å². The molecule has 1 aliphatic heterocycles. The molecule has 0 unspecified atom stereocenters. The smallest absolute Gasteiger partial charge is 0.224 e. The second kappa shape index (κ2) is 5.61. The first-order valence-corrected chi connectivity index (χ1v) is 5.73. The van der Waals surface area contributed by atoms with Crippen LogP contribution in [0.3, 0.4) is 0 Å². The molecule has 1 fully saturated rings. The van der Waals surface area contributed by atoms with Gasteiger partial charge in [0.1, 0.15) is 0 Å². The highest BCUT2D eigenvalue weighted by Crippen LogP contribution is 2.02. The van der Waals surface area contributed by atoms with Gasteiger partial charge < -0.3 is 10.6 Å². The van der Waals surface area contributed by atoms with E-state index in [0.717, 1.165) is 31.5 Å². The van der Waals surface area contributed by atoms with Gasteiger partial charge in [-0.1, -0.05) is 0 Å². The van der Waals surface area contributed by atoms with Crippen molar-refractivity contribution in [3.8, 4) is 0 Å². The lowest BCUT2D eigenvalue weighted by atomic mass is 10.1. The summed E-state index contributed by atoms with van der Waals surface area (Å²) in [5.41, 5.74) is 1.01. The number of piperidine rings is 1. The van der Waals surface area contributed by atoms with Crippen LogP contribution >= 0.6 is 0 Å². The highest BCUT2D eigenvalue weighted by atomic mass is 16.1. The molecule has 1 saturated heterocycles. The molecule has 0 radical (unpaired) electrons. The average molecular weight is 219 g/mol. The number of rotatable bonds is 3. The zero-order valence-corrected chi connectivity index (χ0v) is 9.28. The van der Waals surface area contributed by atoms with Gasteiger partial charge in [-0.2, -0.15) is 0 Å². The number of aromatic nitrogens is 1. The van der Waals surface area contributed by atoms with Crippen LogP contribution in [0.2, 0.25) is 0 Å². The van der Waals surface area contributed by atoms with Crippen molar-refractivity contribution in [3.05, 3.63) is 30.1 Å². The van der Waals surface area contributed by atoms with Crippen molar-refractivity contribution in [2.45, 2.75) is 25.3 Å². The molecule has 0 aromatic carbocycles. The van der Waals surface area contributed by atoms with Crippen LogP contribution < -0.4 is 10.6 Å². The predicted molar refractivity (Wildman–Crippen MR) is 62.0 cm³/mol. The van der Waals surface area contributed by atoms with Crippen molar-refractivity contribution in [2.24, 2.45) is 0 Å². The molecule has 4 heteroatoms. The van der Waals surface area contributed by atoms with Crippen molar-refractivity contribution in [3.63, 3.8) is 0 Å². The largest absolute Gasteiger partial charge is 0.352 e. The molecule has 0 bridgehead atoms. The van der Waals surface area contributed by atoms with Crippen LogP contribution in [0.15, 0.2) is 24.5 Å². The molecule has 1 atom stereocenters. The first kappa shape index (κ1) is 11.1. The van der Waals surface area contributed by atoms with E-state index in [0.29, 0.717) is 12.5 Å². The molecule has 0 saturated carbocycles. The maximum Gasteiger partial charge on any atom is 0.224 e. The summed E-state index contributed by atoms with van der Waals surface area (Å²) in [7, 11) is 0. The minimum Gasteiger partial charge on any atom is -0.352 e. The third-order valence-corrected chi connectivity index (χ3v) is 2.78. The van der Waals surface area contributed by atoms with Crippen molar-refractivity contribution in [1.29, 1.82) is 0 Å². The summed E-state index contributed by atoms with van der Waals surface area (Å²) in [6, 6.07) is 4.04. The van der Waals surface area contributed by atoms with E-state index < -0.39 is 0 Å². The van der Waals surface area contributed by atoms with E-state index in [1.54, 1.807) is 12.4 Å². The maximum atomic E-state index is 11.7. The van der Waals surface area contributed by atoms with Gasteiger partial charge in [0.05, 0.1) is 6.42 Å². The second-order valence-corrected chi connectivity index (χ2v) is 4.14. The van der Waals surface area contributed by atoms with E-state index in [-0.39, 0.29) is 5.91 Å². The Morgan fingerprint density at radius 1 is 1.50 bits per heavy atom. The van der Waals surface area contributed by atoms with E-state index in [9.17, 15) is 4.79 Å². The first-order chi connectivity index (χ1) is 7.84. The van der Waals surface area contributed by atoms with Crippen LogP contribution in [0, 0.1) is 0 Å². The third-order valence-electron chi connectivity index (χ3n) is 2.78. The second-order valence-electron chi connectivity index (χ2n) is 4.14. The Balaban J connectivity index is 1.80. The van der Waals surface area contributed by atoms with Crippen molar-refractivity contribution in [1.82, 2.24) is 15.6 Å². The molecule has 1 aliphatic rings. The Morgan fingerprint density at radius 3 is 3.00 bits per heavy atom. The average Bonchev–Trinajstić information content (AvgIpc) is 2.31. The Hall–Kier alpha value is -1.42. The number of amides is 1. The first-order valence-electron chi connectivity index (χ1n) is 5.73. The molecule has 2 rings (SSSR count). The standard InChI is InChI=1S/C12H17N3O/c16-12(8-10-3-6-13-7-4-10)15-11-2-1-5-14-9-11/h3-4,6-7,11,14H,1-2,5,8-9H2,(H,15,16)/t11-/m1/s1. The SMILES string of the molecule is O=C(Cc1ccncc1)N[C@@H]1CCCNC1. The summed E-state index contributed by atoms with van der Waals surface area (Å²) < 4.78 is 0. The molecule has 0 aliphatic carbocycles. The van der Waals surface area contributed by atoms with Gasteiger partial charge in [0.15, 0.2) is 0 Å². The summed E-state index contributed by atoms with van der Waals surface area (Å²) in [5.74, 6) is 0.0971. The maximum absolute atomic E-state index is 11.7. The Kier molecular flexibility index (Phi) is 3.88. The van der Waals surface area contributed by atoms with Crippen LogP contribution in [0.5, 0.6) is 0 Å². The van der Waals surface area contributed by atoms with Crippen LogP contribution in [0.1, 0.15) is 18.4 Å². The van der Waals surface area contributed by atoms with E-state index in [1.807, 2.05) is 12.1 Å². The van der Waals surface area contributed by atoms with Crippen molar-refractivity contribution >= 4 is 5.91 Å². The Morgan fingerprint density at radius 2 is 2.31 bits per heavy atom. The van der Waals surface area contributed by atoms with Crippen molar-refractivity contribution in [2.75, 3.05) is 13.1 Å². The number of nitrogens with one attached hydrogen (secondary N) is 2. The number of hydrogen-bond acceptors (Lipinski definition) is 3. The quantitative estimate of drug-likeness (QED) is 0.778. The molecule has 1 aromatic heterocycles. The zero-order valence-electron chi connectivity index (χ0n) is 9.28. The molecule has 0 spiro atoms. The topological polar surface area (TPSA) is 54.0 Å². The number of carbonyl (C=O) groups is 1. The predicted octanol–water partition coefficient (Wildman–Crippen LogP) is 0.492. The number of carbonyl (C=O) groups excluding carboxylic acids is 1. The fraction of sp³-hybridized carbons (Fsp3) is 0.500. The zero-order chi connectivity index (χ0) is 11.2. The lowest BCUT2D eigenvalue weighted by molar-refractivity contribution is -0.121. The normalized spacial score (nSPS) is 20.4. The van der Waals surface area contributed by atoms with Gasteiger partial charge in [-0.3, -0.25) is 9.78 Å². The molecule has 2 heterocycles. The summed E-state index contributed by atoms with van der Waals surface area (Å²) in [6.07, 6.45) is 6.09. The van der Waals surface area contributed by atoms with Gasteiger partial charge in [0.25, 0.3) is 0 Å². The van der Waals surface area contributed by atoms with Gasteiger partial charge >= 0.3 is 0 Å². The lowest BCUT2D eigenvalue weighted by Crippen LogP contribution is -2.46. The van der Waals surface area contributed by atoms with Gasteiger partial charge in [0.2, 0.25) is 5.91 Å². The summed E-state index contributed by atoms with van der Waals surface area (Å²) in [5, 5.41) is 6.32. The summed E-state index contributed by atoms with van der Waals surface area (Å²) >= 11 is 0. The van der Waals surface area contributed by atoms with Crippen LogP contribution in [-0.2, 0) is 11.2 Å². The van der Waals surface area contributed by atoms with E-state index >= 15 is 0 Å². The van der Waals surface area contributed by atoms with E-state index in [2.05, 4.69) is 15.6 Å². The fourth-order valence-corrected chi connectivity index (χ4v) is 1.94. The highest BCUT2D eigenvalue weighted by Gasteiger charge is 2.15. The lowest BCUT2D eigenvalue weighted by Gasteiger charge is -2.23. The van der Waals surface area contributed by atoms with Crippen LogP contribution in [-0.4, -0.2) is 30.0 Å². The van der Waals surface area contributed by atoms with E-state index in [1.165, 1.54) is 0 Å². The molecule has 2 N–H and O–H groups in total. The van der Waals surface area contributed by atoms with Crippen LogP contribution in [0.25, 0.3) is 0 Å². The molecule has 1 amide bonds. The monoisotopic (exact) mass is 219 g/mol. The highest BCUT2D eigenvalue weighted by molar-refractivity contribution is 5.78. The fourth-order valence-electron chi connectivity index (χ4n) is 1.94. The minimum absolute atomic E-state index is 0.0971. The summed E-state index contributed by atoms with van der Waals surface area (Å²) in [4.78, 5) is 15.6. The molecule has 16 heavy (non-hydrogen) atoms. The Labute approximate surface area is 95.5 Å². The van der Waals surface area contributed by atoms with Crippen molar-refractivity contribution < 1.29 is 4.79 Å². The molecular formula is C12H17N3O. The van der Waals surface area contributed by atoms with E-state index in [4.69, 9.17) is 0 Å². The van der Waals surface area contributed by atoms with Gasteiger partial charge in [-0.15, -0.1) is 0 Å².